The van der Waals surface area contributed by atoms with E-state index in [1.807, 2.05) is 12.1 Å². The van der Waals surface area contributed by atoms with Crippen molar-refractivity contribution in [1.82, 2.24) is 4.98 Å². The van der Waals surface area contributed by atoms with Crippen LogP contribution in [0.3, 0.4) is 0 Å². The Morgan fingerprint density at radius 1 is 0.773 bits per heavy atom. The van der Waals surface area contributed by atoms with Crippen LogP contribution >= 0.6 is 0 Å². The van der Waals surface area contributed by atoms with Gasteiger partial charge in [-0.05, 0) is 65.6 Å². The molecule has 0 fully saturated rings. The van der Waals surface area contributed by atoms with Crippen LogP contribution in [0.1, 0.15) is 57.4 Å². The monoisotopic (exact) mass is 591 g/mol. The Kier molecular flexibility index (Phi) is 8.02. The third-order valence-corrected chi connectivity index (χ3v) is 6.96. The minimum absolute atomic E-state index is 0.0302. The van der Waals surface area contributed by atoms with Crippen LogP contribution in [-0.4, -0.2) is 34.0 Å². The van der Waals surface area contributed by atoms with Gasteiger partial charge >= 0.3 is 29.6 Å². The molecule has 44 heavy (non-hydrogen) atoms. The number of ether oxygens (including phenoxy) is 1. The number of aromatic carboxylic acids is 1. The lowest BCUT2D eigenvalue weighted by atomic mass is 9.86. The number of cyclic esters (lactones) is 2. The molecule has 0 aliphatic carbocycles. The summed E-state index contributed by atoms with van der Waals surface area (Å²) in [5.74, 6) is -2.01. The minimum Gasteiger partial charge on any atom is -0.478 e. The third kappa shape index (κ3) is 6.06. The van der Waals surface area contributed by atoms with Crippen LogP contribution in [0.2, 0.25) is 0 Å². The van der Waals surface area contributed by atoms with Crippen LogP contribution in [0.15, 0.2) is 106 Å². The molecule has 2 heterocycles. The number of carbonyl (C=O) groups is 4. The van der Waals surface area contributed by atoms with Crippen molar-refractivity contribution >= 4 is 40.5 Å². The van der Waals surface area contributed by atoms with Gasteiger partial charge in [0.1, 0.15) is 5.56 Å². The number of nitrogens with zero attached hydrogens (tertiary/aromatic N) is 1. The van der Waals surface area contributed by atoms with E-state index >= 15 is 0 Å². The second-order valence-electron chi connectivity index (χ2n) is 11.0. The average Bonchev–Trinajstić information content (AvgIpc) is 3.01. The maximum absolute atomic E-state index is 12.8. The number of fused-ring (bicyclic) bond motifs is 2. The molecule has 1 aliphatic rings. The van der Waals surface area contributed by atoms with Crippen LogP contribution < -0.4 is 10.5 Å². The van der Waals surface area contributed by atoms with Gasteiger partial charge in [0.15, 0.2) is 5.69 Å². The number of nitrogens with one attached hydrogen (secondary N) is 1. The van der Waals surface area contributed by atoms with Gasteiger partial charge in [-0.15, -0.1) is 4.90 Å². The summed E-state index contributed by atoms with van der Waals surface area (Å²) in [6.07, 6.45) is -0.899. The summed E-state index contributed by atoms with van der Waals surface area (Å²) in [5, 5.41) is 9.26. The third-order valence-electron chi connectivity index (χ3n) is 6.96. The second kappa shape index (κ2) is 11.9. The molecule has 1 unspecified atom stereocenters. The molecule has 4 aromatic carbocycles. The number of esters is 1. The van der Waals surface area contributed by atoms with Crippen molar-refractivity contribution in [2.24, 2.45) is 0 Å². The standard InChI is InChI=1S/C19H17NO4.C15H9NO4/c1-19(2,3)13-10-8-12(9-11-13)16(21)20-15-7-5-4-6-14(15)17(22)24-18(20)23;17-14(18)10-7-5-9(6-8-10)13-16-12-4-2-1-3-11(12)15(19)20-13/h4-11H,1-3H3;1-8H,(H,17,18)/p+1. The number of carboxylic acids is 1. The molecular formula is C34H27N2O8+. The normalized spacial score (nSPS) is 14.2. The predicted molar refractivity (Wildman–Crippen MR) is 160 cm³/mol. The second-order valence-corrected chi connectivity index (χ2v) is 11.0. The molecule has 5 aromatic rings. The number of aromatic nitrogens is 1. The van der Waals surface area contributed by atoms with E-state index in [1.54, 1.807) is 72.8 Å². The summed E-state index contributed by atoms with van der Waals surface area (Å²) in [6.45, 7) is 6.25. The Bertz CT molecular complexity index is 1970. The highest BCUT2D eigenvalue weighted by Crippen LogP contribution is 2.23. The zero-order valence-corrected chi connectivity index (χ0v) is 24.0. The van der Waals surface area contributed by atoms with Crippen molar-refractivity contribution in [2.75, 3.05) is 0 Å². The first-order chi connectivity index (χ1) is 20.9. The first-order valence-corrected chi connectivity index (χ1v) is 13.6. The number of alkyl carbamates (subject to hydrolysis) is 1. The van der Waals surface area contributed by atoms with Crippen molar-refractivity contribution in [2.45, 2.75) is 26.2 Å². The van der Waals surface area contributed by atoms with Crippen molar-refractivity contribution in [3.05, 3.63) is 130 Å². The molecule has 220 valence electrons. The van der Waals surface area contributed by atoms with E-state index < -0.39 is 29.6 Å². The largest absolute Gasteiger partial charge is 0.535 e. The summed E-state index contributed by atoms with van der Waals surface area (Å²) >= 11 is 0. The summed E-state index contributed by atoms with van der Waals surface area (Å²) in [4.78, 5) is 63.5. The fourth-order valence-electron chi connectivity index (χ4n) is 4.56. The molecule has 2 N–H and O–H groups in total. The van der Waals surface area contributed by atoms with Gasteiger partial charge in [-0.1, -0.05) is 57.2 Å². The van der Waals surface area contributed by atoms with Gasteiger partial charge in [-0.3, -0.25) is 0 Å². The molecule has 1 aromatic heterocycles. The average molecular weight is 592 g/mol. The lowest BCUT2D eigenvalue weighted by molar-refractivity contribution is -0.658. The Morgan fingerprint density at radius 2 is 1.39 bits per heavy atom. The number of para-hydroxylation sites is 2. The van der Waals surface area contributed by atoms with Crippen LogP contribution in [-0.2, 0) is 10.2 Å². The number of hydrogen-bond donors (Lipinski definition) is 2. The van der Waals surface area contributed by atoms with Crippen molar-refractivity contribution < 1.29 is 38.3 Å². The van der Waals surface area contributed by atoms with Gasteiger partial charge in [0.2, 0.25) is 5.89 Å². The number of quaternary nitrogens is 1. The van der Waals surface area contributed by atoms with Crippen LogP contribution in [0.4, 0.5) is 10.5 Å². The first kappa shape index (κ1) is 29.7. The molecule has 10 nitrogen and oxygen atoms in total. The highest BCUT2D eigenvalue weighted by molar-refractivity contribution is 6.05. The quantitative estimate of drug-likeness (QED) is 0.214. The zero-order valence-electron chi connectivity index (χ0n) is 24.0. The van der Waals surface area contributed by atoms with E-state index in [-0.39, 0.29) is 27.3 Å². The van der Waals surface area contributed by atoms with Gasteiger partial charge in [-0.25, -0.2) is 24.2 Å². The first-order valence-electron chi connectivity index (χ1n) is 13.6. The number of carbonyl (C=O) groups excluding carboxylic acids is 3. The van der Waals surface area contributed by atoms with E-state index in [9.17, 15) is 24.0 Å². The highest BCUT2D eigenvalue weighted by Gasteiger charge is 2.42. The summed E-state index contributed by atoms with van der Waals surface area (Å²) in [5.41, 5.74) is 2.79. The topological polar surface area (TPSA) is 145 Å². The molecule has 0 radical (unpaired) electrons. The number of rotatable bonds is 3. The lowest BCUT2D eigenvalue weighted by Crippen LogP contribution is -3.13. The van der Waals surface area contributed by atoms with Crippen LogP contribution in [0.5, 0.6) is 0 Å². The van der Waals surface area contributed by atoms with Crippen LogP contribution in [0, 0.1) is 0 Å². The Labute approximate surface area is 251 Å². The molecule has 1 atom stereocenters. The fourth-order valence-corrected chi connectivity index (χ4v) is 4.56. The van der Waals surface area contributed by atoms with Crippen LogP contribution in [0.25, 0.3) is 22.4 Å². The van der Waals surface area contributed by atoms with E-state index in [4.69, 9.17) is 14.3 Å². The van der Waals surface area contributed by atoms with Gasteiger partial charge in [-0.2, -0.15) is 4.79 Å². The molecule has 0 saturated heterocycles. The number of amides is 2. The molecule has 0 bridgehead atoms. The summed E-state index contributed by atoms with van der Waals surface area (Å²) < 4.78 is 9.87. The molecule has 1 aliphatic heterocycles. The van der Waals surface area contributed by atoms with Gasteiger partial charge in [0.05, 0.1) is 22.0 Å². The fraction of sp³-hybridized carbons (Fsp3) is 0.118. The smallest absolute Gasteiger partial charge is 0.478 e. The number of hydrogen-bond acceptors (Lipinski definition) is 8. The molecule has 2 amide bonds. The van der Waals surface area contributed by atoms with E-state index in [1.165, 1.54) is 12.1 Å². The van der Waals surface area contributed by atoms with Crippen molar-refractivity contribution in [1.29, 1.82) is 0 Å². The number of benzene rings is 4. The van der Waals surface area contributed by atoms with E-state index in [0.717, 1.165) is 5.56 Å². The molecular weight excluding hydrogens is 564 g/mol. The predicted octanol–water partition coefficient (Wildman–Crippen LogP) is 5.18. The Morgan fingerprint density at radius 3 is 2.05 bits per heavy atom. The van der Waals surface area contributed by atoms with E-state index in [2.05, 4.69) is 25.8 Å². The SMILES string of the molecule is CC(C)(C)c1ccc(C(=O)[NH+]2C(=O)OC(=O)c3ccccc32)cc1.O=C(O)c1ccc(-c2nc3ccccc3c(=O)o2)cc1. The number of carboxylic acid groups (broad SMARTS) is 1. The van der Waals surface area contributed by atoms with Crippen molar-refractivity contribution in [3.8, 4) is 11.5 Å². The van der Waals surface area contributed by atoms with Crippen molar-refractivity contribution in [3.63, 3.8) is 0 Å². The highest BCUT2D eigenvalue weighted by atomic mass is 16.6. The molecule has 6 rings (SSSR count). The molecule has 0 spiro atoms. The maximum atomic E-state index is 12.8. The van der Waals surface area contributed by atoms with E-state index in [0.29, 0.717) is 27.7 Å². The van der Waals surface area contributed by atoms with Gasteiger partial charge < -0.3 is 14.3 Å². The van der Waals surface area contributed by atoms with Gasteiger partial charge in [0.25, 0.3) is 0 Å². The summed E-state index contributed by atoms with van der Waals surface area (Å²) in [7, 11) is 0. The Hall–Kier alpha value is -5.74. The zero-order chi connectivity index (χ0) is 31.6. The minimum atomic E-state index is -1.01. The Balaban J connectivity index is 0.000000177. The lowest BCUT2D eigenvalue weighted by Gasteiger charge is -2.21. The van der Waals surface area contributed by atoms with Gasteiger partial charge in [0, 0.05) is 11.6 Å². The number of imide groups is 1. The molecule has 10 heteroatoms. The molecule has 0 saturated carbocycles. The summed E-state index contributed by atoms with van der Waals surface area (Å²) in [6, 6.07) is 26.5. The maximum Gasteiger partial charge on any atom is 0.535 e.